The lowest BCUT2D eigenvalue weighted by atomic mass is 9.82. The molecule has 0 amide bonds. The van der Waals surface area contributed by atoms with Crippen molar-refractivity contribution in [3.8, 4) is 5.75 Å². The SMILES string of the molecule is CC(C)(C)c1cnc(C(C)(C)C)c2c1CCO2. The standard InChI is InChI=1S/C15H23NO/c1-14(2,3)11-9-16-13(15(4,5)6)12-10(11)7-8-17-12/h9H,7-8H2,1-6H3. The molecule has 2 nitrogen and oxygen atoms in total. The molecule has 0 radical (unpaired) electrons. The smallest absolute Gasteiger partial charge is 0.144 e. The molecule has 0 spiro atoms. The predicted molar refractivity (Wildman–Crippen MR) is 70.8 cm³/mol. The molecule has 0 bridgehead atoms. The molecule has 1 aromatic rings. The molecule has 0 atom stereocenters. The summed E-state index contributed by atoms with van der Waals surface area (Å²) in [5.41, 5.74) is 3.99. The first-order chi connectivity index (χ1) is 7.71. The third kappa shape index (κ3) is 2.18. The number of ether oxygens (including phenoxy) is 1. The Bertz CT molecular complexity index is 394. The van der Waals surface area contributed by atoms with E-state index < -0.39 is 0 Å². The molecule has 2 heteroatoms. The Balaban J connectivity index is 2.62. The molecule has 2 rings (SSSR count). The average molecular weight is 233 g/mol. The Morgan fingerprint density at radius 3 is 2.24 bits per heavy atom. The van der Waals surface area contributed by atoms with Crippen LogP contribution in [0.15, 0.2) is 6.20 Å². The van der Waals surface area contributed by atoms with Gasteiger partial charge in [0.15, 0.2) is 0 Å². The van der Waals surface area contributed by atoms with E-state index in [1.165, 1.54) is 11.1 Å². The predicted octanol–water partition coefficient (Wildman–Crippen LogP) is 3.61. The van der Waals surface area contributed by atoms with Crippen LogP contribution in [-0.2, 0) is 17.3 Å². The van der Waals surface area contributed by atoms with Gasteiger partial charge in [0.05, 0.1) is 12.3 Å². The fraction of sp³-hybridized carbons (Fsp3) is 0.667. The fourth-order valence-corrected chi connectivity index (χ4v) is 2.37. The fourth-order valence-electron chi connectivity index (χ4n) is 2.37. The summed E-state index contributed by atoms with van der Waals surface area (Å²) in [4.78, 5) is 4.66. The van der Waals surface area contributed by atoms with E-state index in [0.29, 0.717) is 0 Å². The van der Waals surface area contributed by atoms with Crippen LogP contribution in [0.1, 0.15) is 58.4 Å². The number of nitrogens with zero attached hydrogens (tertiary/aromatic N) is 1. The summed E-state index contributed by atoms with van der Waals surface area (Å²) >= 11 is 0. The van der Waals surface area contributed by atoms with Crippen molar-refractivity contribution < 1.29 is 4.74 Å². The van der Waals surface area contributed by atoms with Gasteiger partial charge in [0.2, 0.25) is 0 Å². The maximum absolute atomic E-state index is 5.83. The molecule has 1 aromatic heterocycles. The van der Waals surface area contributed by atoms with E-state index in [4.69, 9.17) is 4.74 Å². The molecular formula is C15H23NO. The van der Waals surface area contributed by atoms with E-state index in [0.717, 1.165) is 24.5 Å². The van der Waals surface area contributed by atoms with Gasteiger partial charge in [-0.05, 0) is 11.0 Å². The minimum atomic E-state index is 0.0465. The van der Waals surface area contributed by atoms with Gasteiger partial charge in [-0.1, -0.05) is 41.5 Å². The average Bonchev–Trinajstić information content (AvgIpc) is 2.60. The molecule has 0 fully saturated rings. The Hall–Kier alpha value is -1.05. The molecule has 0 unspecified atom stereocenters. The third-order valence-electron chi connectivity index (χ3n) is 3.25. The maximum Gasteiger partial charge on any atom is 0.144 e. The van der Waals surface area contributed by atoms with Crippen LogP contribution in [0.4, 0.5) is 0 Å². The third-order valence-corrected chi connectivity index (χ3v) is 3.25. The molecule has 2 heterocycles. The highest BCUT2D eigenvalue weighted by atomic mass is 16.5. The number of hydrogen-bond acceptors (Lipinski definition) is 2. The largest absolute Gasteiger partial charge is 0.491 e. The van der Waals surface area contributed by atoms with Crippen molar-refractivity contribution in [3.05, 3.63) is 23.0 Å². The highest BCUT2D eigenvalue weighted by Gasteiger charge is 2.31. The number of aromatic nitrogens is 1. The quantitative estimate of drug-likeness (QED) is 0.683. The van der Waals surface area contributed by atoms with Crippen molar-refractivity contribution in [2.24, 2.45) is 0 Å². The van der Waals surface area contributed by atoms with Gasteiger partial charge in [0.1, 0.15) is 5.75 Å². The van der Waals surface area contributed by atoms with Crippen LogP contribution >= 0.6 is 0 Å². The summed E-state index contributed by atoms with van der Waals surface area (Å²) in [5, 5.41) is 0. The summed E-state index contributed by atoms with van der Waals surface area (Å²) in [6, 6.07) is 0. The zero-order chi connectivity index (χ0) is 12.8. The van der Waals surface area contributed by atoms with Gasteiger partial charge in [-0.2, -0.15) is 0 Å². The highest BCUT2D eigenvalue weighted by molar-refractivity contribution is 5.49. The van der Waals surface area contributed by atoms with Gasteiger partial charge in [0.25, 0.3) is 0 Å². The van der Waals surface area contributed by atoms with E-state index in [9.17, 15) is 0 Å². The molecule has 0 N–H and O–H groups in total. The molecule has 1 aliphatic heterocycles. The molecule has 1 aliphatic rings. The molecule has 0 saturated heterocycles. The van der Waals surface area contributed by atoms with Crippen LogP contribution in [0.3, 0.4) is 0 Å². The first-order valence-corrected chi connectivity index (χ1v) is 6.37. The van der Waals surface area contributed by atoms with Gasteiger partial charge in [-0.15, -0.1) is 0 Å². The second-order valence-corrected chi connectivity index (χ2v) is 6.93. The van der Waals surface area contributed by atoms with Crippen molar-refractivity contribution in [3.63, 3.8) is 0 Å². The molecule has 0 aliphatic carbocycles. The zero-order valence-electron chi connectivity index (χ0n) is 11.8. The summed E-state index contributed by atoms with van der Waals surface area (Å²) in [6.45, 7) is 14.1. The minimum absolute atomic E-state index is 0.0465. The Morgan fingerprint density at radius 2 is 1.71 bits per heavy atom. The summed E-state index contributed by atoms with van der Waals surface area (Å²) in [6.07, 6.45) is 3.07. The van der Waals surface area contributed by atoms with E-state index in [2.05, 4.69) is 46.5 Å². The van der Waals surface area contributed by atoms with Gasteiger partial charge in [-0.25, -0.2) is 0 Å². The topological polar surface area (TPSA) is 22.1 Å². The van der Waals surface area contributed by atoms with Crippen molar-refractivity contribution >= 4 is 0 Å². The van der Waals surface area contributed by atoms with Gasteiger partial charge < -0.3 is 4.74 Å². The van der Waals surface area contributed by atoms with Crippen molar-refractivity contribution in [1.82, 2.24) is 4.98 Å². The van der Waals surface area contributed by atoms with Crippen LogP contribution in [0, 0.1) is 0 Å². The molecule has 17 heavy (non-hydrogen) atoms. The Labute approximate surface area is 104 Å². The minimum Gasteiger partial charge on any atom is -0.491 e. The van der Waals surface area contributed by atoms with Crippen LogP contribution in [0.25, 0.3) is 0 Å². The van der Waals surface area contributed by atoms with E-state index in [1.54, 1.807) is 0 Å². The molecule has 0 aromatic carbocycles. The normalized spacial score (nSPS) is 15.6. The number of fused-ring (bicyclic) bond motifs is 1. The van der Waals surface area contributed by atoms with Crippen LogP contribution in [0.5, 0.6) is 5.75 Å². The van der Waals surface area contributed by atoms with E-state index in [-0.39, 0.29) is 10.8 Å². The summed E-state index contributed by atoms with van der Waals surface area (Å²) < 4.78 is 5.83. The van der Waals surface area contributed by atoms with Crippen molar-refractivity contribution in [1.29, 1.82) is 0 Å². The first kappa shape index (κ1) is 12.4. The van der Waals surface area contributed by atoms with Gasteiger partial charge in [0, 0.05) is 23.6 Å². The number of rotatable bonds is 0. The van der Waals surface area contributed by atoms with Gasteiger partial charge >= 0.3 is 0 Å². The Kier molecular flexibility index (Phi) is 2.72. The lowest BCUT2D eigenvalue weighted by Crippen LogP contribution is -2.19. The second kappa shape index (κ2) is 3.72. The summed E-state index contributed by atoms with van der Waals surface area (Å²) in [5.74, 6) is 1.05. The van der Waals surface area contributed by atoms with E-state index in [1.807, 2.05) is 6.20 Å². The monoisotopic (exact) mass is 233 g/mol. The van der Waals surface area contributed by atoms with Crippen LogP contribution in [0.2, 0.25) is 0 Å². The van der Waals surface area contributed by atoms with Crippen LogP contribution in [-0.4, -0.2) is 11.6 Å². The molecular weight excluding hydrogens is 210 g/mol. The second-order valence-electron chi connectivity index (χ2n) is 6.93. The van der Waals surface area contributed by atoms with Gasteiger partial charge in [-0.3, -0.25) is 4.98 Å². The van der Waals surface area contributed by atoms with E-state index >= 15 is 0 Å². The zero-order valence-corrected chi connectivity index (χ0v) is 11.8. The van der Waals surface area contributed by atoms with Crippen molar-refractivity contribution in [2.45, 2.75) is 58.8 Å². The first-order valence-electron chi connectivity index (χ1n) is 6.37. The lowest BCUT2D eigenvalue weighted by Gasteiger charge is -2.25. The summed E-state index contributed by atoms with van der Waals surface area (Å²) in [7, 11) is 0. The highest BCUT2D eigenvalue weighted by Crippen LogP contribution is 2.40. The molecule has 94 valence electrons. The molecule has 0 saturated carbocycles. The van der Waals surface area contributed by atoms with Crippen molar-refractivity contribution in [2.75, 3.05) is 6.61 Å². The van der Waals surface area contributed by atoms with Crippen LogP contribution < -0.4 is 4.74 Å². The number of hydrogen-bond donors (Lipinski definition) is 0. The Morgan fingerprint density at radius 1 is 1.06 bits per heavy atom. The number of pyridine rings is 1. The maximum atomic E-state index is 5.83. The lowest BCUT2D eigenvalue weighted by molar-refractivity contribution is 0.344.